The molecule has 2 aromatic rings. The Bertz CT molecular complexity index is 995. The number of halogens is 3. The Labute approximate surface area is 189 Å². The van der Waals surface area contributed by atoms with Crippen molar-refractivity contribution >= 4 is 35.0 Å². The molecule has 1 aromatic heterocycles. The first-order chi connectivity index (χ1) is 15.5. The summed E-state index contributed by atoms with van der Waals surface area (Å²) in [5.74, 6) is -1.24. The van der Waals surface area contributed by atoms with Crippen molar-refractivity contribution in [1.82, 2.24) is 15.3 Å². The molecule has 2 amide bonds. The van der Waals surface area contributed by atoms with Crippen molar-refractivity contribution in [2.75, 3.05) is 16.0 Å². The summed E-state index contributed by atoms with van der Waals surface area (Å²) in [6.45, 7) is 5.06. The smallest absolute Gasteiger partial charge is 0.366 e. The molecule has 0 radical (unpaired) electrons. The van der Waals surface area contributed by atoms with Crippen LogP contribution in [0.1, 0.15) is 45.6 Å². The topological polar surface area (TPSA) is 108 Å². The molecule has 0 unspecified atom stereocenters. The highest BCUT2D eigenvalue weighted by atomic mass is 19.4. The van der Waals surface area contributed by atoms with Gasteiger partial charge in [-0.1, -0.05) is 6.42 Å². The number of anilines is 4. The van der Waals surface area contributed by atoms with Crippen molar-refractivity contribution in [2.45, 2.75) is 58.3 Å². The van der Waals surface area contributed by atoms with E-state index in [4.69, 9.17) is 0 Å². The van der Waals surface area contributed by atoms with E-state index >= 15 is 0 Å². The van der Waals surface area contributed by atoms with Crippen molar-refractivity contribution in [1.29, 1.82) is 0 Å². The summed E-state index contributed by atoms with van der Waals surface area (Å²) in [6.07, 6.45) is -2.05. The summed E-state index contributed by atoms with van der Waals surface area (Å²) in [5.41, 5.74) is 0.115. The van der Waals surface area contributed by atoms with Crippen molar-refractivity contribution in [3.63, 3.8) is 0 Å². The summed E-state index contributed by atoms with van der Waals surface area (Å²) in [5, 5.41) is 11.2. The van der Waals surface area contributed by atoms with Crippen molar-refractivity contribution in [3.8, 4) is 0 Å². The maximum Gasteiger partial charge on any atom is 0.421 e. The molecule has 0 bridgehead atoms. The van der Waals surface area contributed by atoms with Gasteiger partial charge in [0.2, 0.25) is 17.8 Å². The first kappa shape index (κ1) is 24.3. The number of benzene rings is 1. The van der Waals surface area contributed by atoms with Crippen LogP contribution in [0.2, 0.25) is 0 Å². The second-order valence-electron chi connectivity index (χ2n) is 8.29. The molecule has 1 heterocycles. The quantitative estimate of drug-likeness (QED) is 0.487. The van der Waals surface area contributed by atoms with Crippen LogP contribution >= 0.6 is 0 Å². The standard InChI is InChI=1S/C22H27F3N6O2/c1-12(2)27-20(33)16-5-4-6-18(16)30-19-17(22(23,24)25)11-26-21(31-19)29-15-9-7-14(8-10-15)28-13(3)32/h7-12,16,18H,4-6H2,1-3H3,(H,27,33)(H,28,32)(H2,26,29,30,31)/t16-,18-/m0/s1. The van der Waals surface area contributed by atoms with Crippen LogP contribution in [0.4, 0.5) is 36.3 Å². The van der Waals surface area contributed by atoms with Crippen molar-refractivity contribution in [2.24, 2.45) is 5.92 Å². The van der Waals surface area contributed by atoms with Crippen LogP contribution in [0.5, 0.6) is 0 Å². The molecule has 178 valence electrons. The van der Waals surface area contributed by atoms with Gasteiger partial charge in [-0.2, -0.15) is 18.2 Å². The Balaban J connectivity index is 1.82. The van der Waals surface area contributed by atoms with E-state index in [2.05, 4.69) is 31.2 Å². The second kappa shape index (κ2) is 10.1. The highest BCUT2D eigenvalue weighted by Crippen LogP contribution is 2.36. The van der Waals surface area contributed by atoms with E-state index in [1.165, 1.54) is 6.92 Å². The molecule has 4 N–H and O–H groups in total. The van der Waals surface area contributed by atoms with Crippen LogP contribution < -0.4 is 21.3 Å². The zero-order valence-electron chi connectivity index (χ0n) is 18.6. The number of nitrogens with one attached hydrogen (secondary N) is 4. The van der Waals surface area contributed by atoms with E-state index in [1.54, 1.807) is 24.3 Å². The van der Waals surface area contributed by atoms with Gasteiger partial charge in [-0.25, -0.2) is 4.98 Å². The monoisotopic (exact) mass is 464 g/mol. The fourth-order valence-corrected chi connectivity index (χ4v) is 3.74. The van der Waals surface area contributed by atoms with Gasteiger partial charge < -0.3 is 21.3 Å². The molecule has 3 rings (SSSR count). The third-order valence-corrected chi connectivity index (χ3v) is 5.16. The highest BCUT2D eigenvalue weighted by Gasteiger charge is 2.38. The van der Waals surface area contributed by atoms with Gasteiger partial charge in [0.15, 0.2) is 0 Å². The Kier molecular flexibility index (Phi) is 7.39. The molecule has 1 saturated carbocycles. The lowest BCUT2D eigenvalue weighted by Gasteiger charge is -2.24. The van der Waals surface area contributed by atoms with Gasteiger partial charge in [-0.15, -0.1) is 0 Å². The predicted octanol–water partition coefficient (Wildman–Crippen LogP) is 4.30. The van der Waals surface area contributed by atoms with Crippen molar-refractivity contribution < 1.29 is 22.8 Å². The Morgan fingerprint density at radius 1 is 1.09 bits per heavy atom. The molecule has 8 nitrogen and oxygen atoms in total. The number of hydrogen-bond donors (Lipinski definition) is 4. The minimum Gasteiger partial charge on any atom is -0.366 e. The summed E-state index contributed by atoms with van der Waals surface area (Å²) < 4.78 is 40.8. The number of rotatable bonds is 7. The van der Waals surface area contributed by atoms with Gasteiger partial charge in [0.1, 0.15) is 11.4 Å². The molecule has 11 heteroatoms. The molecule has 1 aliphatic carbocycles. The third-order valence-electron chi connectivity index (χ3n) is 5.16. The Hall–Kier alpha value is -3.37. The SMILES string of the molecule is CC(=O)Nc1ccc(Nc2ncc(C(F)(F)F)c(N[C@H]3CCC[C@@H]3C(=O)NC(C)C)n2)cc1. The Morgan fingerprint density at radius 2 is 1.76 bits per heavy atom. The molecular weight excluding hydrogens is 437 g/mol. The maximum atomic E-state index is 13.6. The van der Waals surface area contributed by atoms with Gasteiger partial charge in [0.25, 0.3) is 0 Å². The molecule has 0 saturated heterocycles. The first-order valence-corrected chi connectivity index (χ1v) is 10.7. The van der Waals surface area contributed by atoms with Gasteiger partial charge >= 0.3 is 6.18 Å². The van der Waals surface area contributed by atoms with Crippen molar-refractivity contribution in [3.05, 3.63) is 36.0 Å². The number of alkyl halides is 3. The fourth-order valence-electron chi connectivity index (χ4n) is 3.74. The lowest BCUT2D eigenvalue weighted by molar-refractivity contribution is -0.137. The predicted molar refractivity (Wildman–Crippen MR) is 119 cm³/mol. The minimum atomic E-state index is -4.66. The maximum absolute atomic E-state index is 13.6. The molecule has 33 heavy (non-hydrogen) atoms. The summed E-state index contributed by atoms with van der Waals surface area (Å²) >= 11 is 0. The van der Waals surface area contributed by atoms with Gasteiger partial charge in [-0.05, 0) is 51.0 Å². The highest BCUT2D eigenvalue weighted by molar-refractivity contribution is 5.88. The molecular formula is C22H27F3N6O2. The van der Waals surface area contributed by atoms with Crippen LogP contribution in [0, 0.1) is 5.92 Å². The number of carbonyl (C=O) groups excluding carboxylic acids is 2. The average Bonchev–Trinajstić information content (AvgIpc) is 3.16. The molecule has 0 spiro atoms. The summed E-state index contributed by atoms with van der Waals surface area (Å²) in [6, 6.07) is 6.04. The van der Waals surface area contributed by atoms with E-state index in [9.17, 15) is 22.8 Å². The average molecular weight is 464 g/mol. The molecule has 2 atom stereocenters. The van der Waals surface area contributed by atoms with E-state index in [-0.39, 0.29) is 29.6 Å². The van der Waals surface area contributed by atoms with Crippen LogP contribution in [0.15, 0.2) is 30.5 Å². The van der Waals surface area contributed by atoms with Crippen LogP contribution in [-0.2, 0) is 15.8 Å². The fraction of sp³-hybridized carbons (Fsp3) is 0.455. The largest absolute Gasteiger partial charge is 0.421 e. The minimum absolute atomic E-state index is 0.0287. The summed E-state index contributed by atoms with van der Waals surface area (Å²) in [4.78, 5) is 31.5. The lowest BCUT2D eigenvalue weighted by atomic mass is 10.0. The Morgan fingerprint density at radius 3 is 2.36 bits per heavy atom. The van der Waals surface area contributed by atoms with E-state index in [0.29, 0.717) is 24.2 Å². The van der Waals surface area contributed by atoms with Crippen LogP contribution in [0.3, 0.4) is 0 Å². The molecule has 0 aliphatic heterocycles. The third kappa shape index (κ3) is 6.56. The zero-order chi connectivity index (χ0) is 24.2. The molecule has 1 aliphatic rings. The zero-order valence-corrected chi connectivity index (χ0v) is 18.6. The van der Waals surface area contributed by atoms with Gasteiger partial charge in [0, 0.05) is 36.6 Å². The van der Waals surface area contributed by atoms with Gasteiger partial charge in [0.05, 0.1) is 5.92 Å². The number of carbonyl (C=O) groups is 2. The first-order valence-electron chi connectivity index (χ1n) is 10.7. The summed E-state index contributed by atoms with van der Waals surface area (Å²) in [7, 11) is 0. The number of aromatic nitrogens is 2. The molecule has 1 fully saturated rings. The van der Waals surface area contributed by atoms with Crippen LogP contribution in [0.25, 0.3) is 0 Å². The second-order valence-corrected chi connectivity index (χ2v) is 8.29. The lowest BCUT2D eigenvalue weighted by Crippen LogP contribution is -2.41. The van der Waals surface area contributed by atoms with E-state index in [0.717, 1.165) is 12.6 Å². The van der Waals surface area contributed by atoms with Crippen LogP contribution in [-0.4, -0.2) is 33.9 Å². The number of amides is 2. The molecule has 1 aromatic carbocycles. The van der Waals surface area contributed by atoms with E-state index in [1.807, 2.05) is 13.8 Å². The number of nitrogens with zero attached hydrogens (tertiary/aromatic N) is 2. The van der Waals surface area contributed by atoms with Gasteiger partial charge in [-0.3, -0.25) is 9.59 Å². The van der Waals surface area contributed by atoms with E-state index < -0.39 is 23.7 Å². The number of hydrogen-bond acceptors (Lipinski definition) is 6. The normalized spacial score (nSPS) is 18.2.